The summed E-state index contributed by atoms with van der Waals surface area (Å²) in [4.78, 5) is 10.4. The molecule has 1 aromatic heterocycles. The van der Waals surface area contributed by atoms with Gasteiger partial charge < -0.3 is 0 Å². The number of H-pyrrole nitrogens is 1. The quantitative estimate of drug-likeness (QED) is 0.666. The van der Waals surface area contributed by atoms with Crippen molar-refractivity contribution in [1.29, 1.82) is 0 Å². The summed E-state index contributed by atoms with van der Waals surface area (Å²) < 4.78 is 1.73. The Balaban J connectivity index is 2.41. The summed E-state index contributed by atoms with van der Waals surface area (Å²) in [7, 11) is 0. The van der Waals surface area contributed by atoms with E-state index in [1.54, 1.807) is 10.9 Å². The molecule has 0 amide bonds. The van der Waals surface area contributed by atoms with Gasteiger partial charge in [0.2, 0.25) is 0 Å². The first-order chi connectivity index (χ1) is 5.92. The van der Waals surface area contributed by atoms with Crippen LogP contribution in [0.1, 0.15) is 10.5 Å². The van der Waals surface area contributed by atoms with Crippen LogP contribution in [0.2, 0.25) is 0 Å². The molecule has 0 saturated heterocycles. The maximum atomic E-state index is 10.4. The number of rotatable bonds is 2. The smallest absolute Gasteiger partial charge is 0.169 e. The number of aromatic amines is 1. The molecule has 1 heterocycles. The lowest BCUT2D eigenvalue weighted by Crippen LogP contribution is -2.11. The fraction of sp³-hybridized carbons (Fsp3) is 0. The van der Waals surface area contributed by atoms with Crippen LogP contribution < -0.4 is 0 Å². The lowest BCUT2D eigenvalue weighted by Gasteiger charge is -2.12. The van der Waals surface area contributed by atoms with Crippen molar-refractivity contribution in [3.05, 3.63) is 42.2 Å². The molecule has 0 atom stereocenters. The van der Waals surface area contributed by atoms with Gasteiger partial charge >= 0.3 is 0 Å². The third-order valence-corrected chi connectivity index (χ3v) is 1.73. The SMILES string of the molecule is O=Cc1c[nH]n1-c1ccccc1. The summed E-state index contributed by atoms with van der Waals surface area (Å²) in [6.07, 6.45) is 2.49. The molecule has 0 aliphatic heterocycles. The number of hydrogen-bond acceptors (Lipinski definition) is 1. The molecular weight excluding hydrogens is 152 g/mol. The molecule has 0 aliphatic carbocycles. The van der Waals surface area contributed by atoms with Gasteiger partial charge in [-0.2, -0.15) is 0 Å². The zero-order chi connectivity index (χ0) is 8.39. The number of nitrogens with one attached hydrogen (secondary N) is 1. The second kappa shape index (κ2) is 2.70. The third kappa shape index (κ3) is 0.955. The minimum absolute atomic E-state index is 0.654. The number of benzene rings is 1. The molecule has 0 radical (unpaired) electrons. The van der Waals surface area contributed by atoms with E-state index in [-0.39, 0.29) is 0 Å². The molecule has 3 nitrogen and oxygen atoms in total. The molecule has 0 unspecified atom stereocenters. The van der Waals surface area contributed by atoms with E-state index in [1.807, 2.05) is 30.3 Å². The van der Waals surface area contributed by atoms with Gasteiger partial charge in [-0.15, -0.1) is 0 Å². The van der Waals surface area contributed by atoms with Crippen LogP contribution >= 0.6 is 0 Å². The summed E-state index contributed by atoms with van der Waals surface area (Å²) in [6, 6.07) is 9.66. The normalized spacial score (nSPS) is 10.0. The maximum Gasteiger partial charge on any atom is 0.169 e. The topological polar surface area (TPSA) is 37.8 Å². The monoisotopic (exact) mass is 160 g/mol. The predicted molar refractivity (Wildman–Crippen MR) is 45.5 cm³/mol. The molecule has 1 aromatic carbocycles. The van der Waals surface area contributed by atoms with Crippen molar-refractivity contribution in [2.75, 3.05) is 0 Å². The zero-order valence-corrected chi connectivity index (χ0v) is 6.40. The van der Waals surface area contributed by atoms with Crippen LogP contribution in [0.5, 0.6) is 0 Å². The second-order valence-electron chi connectivity index (χ2n) is 2.49. The van der Waals surface area contributed by atoms with E-state index in [0.29, 0.717) is 5.69 Å². The Morgan fingerprint density at radius 2 is 2.00 bits per heavy atom. The van der Waals surface area contributed by atoms with Crippen molar-refractivity contribution < 1.29 is 4.79 Å². The molecule has 0 fully saturated rings. The van der Waals surface area contributed by atoms with Gasteiger partial charge in [0.1, 0.15) is 5.69 Å². The molecule has 3 heteroatoms. The molecule has 60 valence electrons. The first-order valence-electron chi connectivity index (χ1n) is 3.68. The van der Waals surface area contributed by atoms with E-state index in [4.69, 9.17) is 0 Å². The zero-order valence-electron chi connectivity index (χ0n) is 6.40. The highest BCUT2D eigenvalue weighted by atomic mass is 16.1. The molecule has 0 saturated carbocycles. The van der Waals surface area contributed by atoms with Crippen molar-refractivity contribution in [1.82, 2.24) is 9.78 Å². The molecule has 0 bridgehead atoms. The molecule has 2 aromatic rings. The summed E-state index contributed by atoms with van der Waals surface area (Å²) in [6.45, 7) is 0. The van der Waals surface area contributed by atoms with Gasteiger partial charge in [-0.05, 0) is 12.1 Å². The molecule has 0 spiro atoms. The fourth-order valence-corrected chi connectivity index (χ4v) is 1.09. The van der Waals surface area contributed by atoms with Gasteiger partial charge in [0, 0.05) is 6.20 Å². The molecule has 1 N–H and O–H groups in total. The largest absolute Gasteiger partial charge is 0.299 e. The van der Waals surface area contributed by atoms with Crippen molar-refractivity contribution in [3.8, 4) is 5.69 Å². The van der Waals surface area contributed by atoms with Crippen molar-refractivity contribution in [2.45, 2.75) is 0 Å². The highest BCUT2D eigenvalue weighted by molar-refractivity contribution is 5.73. The maximum absolute atomic E-state index is 10.4. The number of aldehydes is 1. The van der Waals surface area contributed by atoms with E-state index in [2.05, 4.69) is 5.10 Å². The first kappa shape index (κ1) is 6.91. The Kier molecular flexibility index (Phi) is 1.55. The fourth-order valence-electron chi connectivity index (χ4n) is 1.09. The van der Waals surface area contributed by atoms with Gasteiger partial charge in [-0.25, -0.2) is 0 Å². The predicted octanol–water partition coefficient (Wildman–Crippen LogP) is 1.62. The number of aromatic nitrogens is 2. The summed E-state index contributed by atoms with van der Waals surface area (Å²) in [5.41, 5.74) is 1.63. The number of carbonyl (C=O) groups excluding carboxylic acids is 1. The molecule has 0 aliphatic rings. The van der Waals surface area contributed by atoms with Crippen LogP contribution in [0.4, 0.5) is 0 Å². The lowest BCUT2D eigenvalue weighted by atomic mass is 10.3. The Morgan fingerprint density at radius 1 is 1.25 bits per heavy atom. The standard InChI is InChI=1S/C9H8N2O/c12-7-9-6-10-11(9)8-4-2-1-3-5-8/h1-7,10H. The van der Waals surface area contributed by atoms with E-state index in [1.165, 1.54) is 0 Å². The summed E-state index contributed by atoms with van der Waals surface area (Å²) in [5.74, 6) is 0. The van der Waals surface area contributed by atoms with E-state index < -0.39 is 0 Å². The Morgan fingerprint density at radius 3 is 2.50 bits per heavy atom. The minimum atomic E-state index is 0.654. The Hall–Kier alpha value is -1.77. The highest BCUT2D eigenvalue weighted by Crippen LogP contribution is 2.08. The van der Waals surface area contributed by atoms with Crippen LogP contribution in [0.15, 0.2) is 36.5 Å². The van der Waals surface area contributed by atoms with Gasteiger partial charge in [0.25, 0.3) is 0 Å². The van der Waals surface area contributed by atoms with Crippen LogP contribution in [0.25, 0.3) is 5.69 Å². The van der Waals surface area contributed by atoms with Gasteiger partial charge in [0.15, 0.2) is 6.29 Å². The van der Waals surface area contributed by atoms with Gasteiger partial charge in [-0.1, -0.05) is 18.2 Å². The third-order valence-electron chi connectivity index (χ3n) is 1.73. The van der Waals surface area contributed by atoms with E-state index >= 15 is 0 Å². The average molecular weight is 160 g/mol. The minimum Gasteiger partial charge on any atom is -0.299 e. The Labute approximate surface area is 69.6 Å². The molecular formula is C9H8N2O. The lowest BCUT2D eigenvalue weighted by molar-refractivity contribution is 0.111. The van der Waals surface area contributed by atoms with Crippen LogP contribution in [-0.4, -0.2) is 16.1 Å². The molecule has 12 heavy (non-hydrogen) atoms. The average Bonchev–Trinajstić information content (AvgIpc) is 2.05. The van der Waals surface area contributed by atoms with Crippen LogP contribution in [-0.2, 0) is 0 Å². The number of carbonyl (C=O) groups is 1. The van der Waals surface area contributed by atoms with Crippen LogP contribution in [0.3, 0.4) is 0 Å². The number of para-hydroxylation sites is 1. The van der Waals surface area contributed by atoms with Gasteiger partial charge in [0.05, 0.1) is 5.69 Å². The second-order valence-corrected chi connectivity index (χ2v) is 2.49. The van der Waals surface area contributed by atoms with E-state index in [9.17, 15) is 4.79 Å². The van der Waals surface area contributed by atoms with E-state index in [0.717, 1.165) is 12.0 Å². The summed E-state index contributed by atoms with van der Waals surface area (Å²) >= 11 is 0. The van der Waals surface area contributed by atoms with Crippen molar-refractivity contribution in [2.24, 2.45) is 0 Å². The highest BCUT2D eigenvalue weighted by Gasteiger charge is 2.02. The molecule has 2 rings (SSSR count). The summed E-state index contributed by atoms with van der Waals surface area (Å²) in [5, 5.41) is 2.90. The Bertz CT molecular complexity index is 372. The van der Waals surface area contributed by atoms with Crippen LogP contribution in [0, 0.1) is 0 Å². The van der Waals surface area contributed by atoms with Gasteiger partial charge in [-0.3, -0.25) is 14.6 Å². The number of hydrogen-bond donors (Lipinski definition) is 1. The number of nitrogens with zero attached hydrogens (tertiary/aromatic N) is 1. The van der Waals surface area contributed by atoms with Crippen molar-refractivity contribution in [3.63, 3.8) is 0 Å². The van der Waals surface area contributed by atoms with Crippen molar-refractivity contribution >= 4 is 6.29 Å². The first-order valence-corrected chi connectivity index (χ1v) is 3.68.